The van der Waals surface area contributed by atoms with Crippen LogP contribution in [0.2, 0.25) is 0 Å². The second-order valence-electron chi connectivity index (χ2n) is 2.64. The molecule has 1 heterocycles. The number of carbonyl (C=O) groups excluding carboxylic acids is 1. The lowest BCUT2D eigenvalue weighted by molar-refractivity contribution is 0.0803. The number of carbonyl (C=O) groups is 1. The second-order valence-corrected chi connectivity index (χ2v) is 4.47. The summed E-state index contributed by atoms with van der Waals surface area (Å²) in [5.41, 5.74) is 5.35. The van der Waals surface area contributed by atoms with Crippen molar-refractivity contribution in [3.8, 4) is 0 Å². The van der Waals surface area contributed by atoms with Crippen LogP contribution in [0.5, 0.6) is 0 Å². The molecule has 0 bridgehead atoms. The molecule has 0 saturated carbocycles. The van der Waals surface area contributed by atoms with E-state index in [1.165, 1.54) is 11.3 Å². The summed E-state index contributed by atoms with van der Waals surface area (Å²) in [6, 6.07) is 1.82. The monoisotopic (exact) mass is 262 g/mol. The maximum Gasteiger partial charge on any atom is 0.263 e. The number of thiophene rings is 1. The van der Waals surface area contributed by atoms with Gasteiger partial charge >= 0.3 is 0 Å². The number of likely N-dealkylation sites (N-methyl/N-ethyl adjacent to an activating group) is 1. The molecule has 13 heavy (non-hydrogen) atoms. The van der Waals surface area contributed by atoms with Gasteiger partial charge in [-0.3, -0.25) is 4.79 Å². The van der Waals surface area contributed by atoms with Crippen LogP contribution in [-0.2, 0) is 0 Å². The highest BCUT2D eigenvalue weighted by Crippen LogP contribution is 2.20. The van der Waals surface area contributed by atoms with Crippen LogP contribution >= 0.6 is 27.3 Å². The fourth-order valence-electron chi connectivity index (χ4n) is 0.909. The normalized spacial score (nSPS) is 10.1. The predicted octanol–water partition coefficient (Wildman–Crippen LogP) is 1.54. The van der Waals surface area contributed by atoms with Crippen LogP contribution in [0.4, 0.5) is 0 Å². The maximum atomic E-state index is 11.6. The minimum Gasteiger partial charge on any atom is -0.340 e. The van der Waals surface area contributed by atoms with Crippen molar-refractivity contribution < 1.29 is 4.79 Å². The van der Waals surface area contributed by atoms with Gasteiger partial charge in [0.05, 0.1) is 4.88 Å². The molecule has 0 spiro atoms. The number of rotatable bonds is 3. The molecule has 0 unspecified atom stereocenters. The van der Waals surface area contributed by atoms with Gasteiger partial charge in [0.15, 0.2) is 0 Å². The van der Waals surface area contributed by atoms with Gasteiger partial charge in [0, 0.05) is 30.0 Å². The molecule has 3 nitrogen and oxygen atoms in total. The van der Waals surface area contributed by atoms with Gasteiger partial charge in [0.1, 0.15) is 0 Å². The standard InChI is InChI=1S/C8H11BrN2OS/c1-11(3-2-10)8(12)7-4-6(9)5-13-7/h4-5H,2-3,10H2,1H3. The third kappa shape index (κ3) is 2.79. The van der Waals surface area contributed by atoms with Gasteiger partial charge in [0.25, 0.3) is 5.91 Å². The first-order valence-corrected chi connectivity index (χ1v) is 5.52. The van der Waals surface area contributed by atoms with E-state index in [-0.39, 0.29) is 5.91 Å². The maximum absolute atomic E-state index is 11.6. The molecule has 0 aliphatic rings. The van der Waals surface area contributed by atoms with Crippen molar-refractivity contribution in [2.24, 2.45) is 5.73 Å². The Morgan fingerprint density at radius 1 is 1.77 bits per heavy atom. The molecule has 1 rings (SSSR count). The Balaban J connectivity index is 2.67. The zero-order valence-corrected chi connectivity index (χ0v) is 9.69. The number of nitrogens with two attached hydrogens (primary N) is 1. The molecule has 5 heteroatoms. The Bertz CT molecular complexity index is 300. The molecule has 0 aliphatic heterocycles. The smallest absolute Gasteiger partial charge is 0.263 e. The van der Waals surface area contributed by atoms with Gasteiger partial charge in [0.2, 0.25) is 0 Å². The summed E-state index contributed by atoms with van der Waals surface area (Å²) in [5, 5.41) is 1.89. The quantitative estimate of drug-likeness (QED) is 0.899. The third-order valence-electron chi connectivity index (χ3n) is 1.59. The van der Waals surface area contributed by atoms with Gasteiger partial charge < -0.3 is 10.6 Å². The van der Waals surface area contributed by atoms with Crippen molar-refractivity contribution in [3.63, 3.8) is 0 Å². The summed E-state index contributed by atoms with van der Waals surface area (Å²) in [4.78, 5) is 14.0. The highest BCUT2D eigenvalue weighted by molar-refractivity contribution is 9.10. The van der Waals surface area contributed by atoms with Crippen LogP contribution in [-0.4, -0.2) is 30.9 Å². The number of hydrogen-bond donors (Lipinski definition) is 1. The summed E-state index contributed by atoms with van der Waals surface area (Å²) < 4.78 is 0.946. The van der Waals surface area contributed by atoms with E-state index in [9.17, 15) is 4.79 Å². The summed E-state index contributed by atoms with van der Waals surface area (Å²) in [5.74, 6) is 0.0288. The summed E-state index contributed by atoms with van der Waals surface area (Å²) in [6.45, 7) is 1.09. The van der Waals surface area contributed by atoms with Gasteiger partial charge in [-0.1, -0.05) is 0 Å². The van der Waals surface area contributed by atoms with Crippen LogP contribution in [0, 0.1) is 0 Å². The Hall–Kier alpha value is -0.390. The number of hydrogen-bond acceptors (Lipinski definition) is 3. The van der Waals surface area contributed by atoms with Gasteiger partial charge in [-0.2, -0.15) is 0 Å². The van der Waals surface area contributed by atoms with E-state index in [0.717, 1.165) is 9.35 Å². The van der Waals surface area contributed by atoms with Crippen LogP contribution in [0.3, 0.4) is 0 Å². The first kappa shape index (κ1) is 10.7. The van der Waals surface area contributed by atoms with Crippen molar-refractivity contribution in [3.05, 3.63) is 20.8 Å². The molecule has 1 aromatic heterocycles. The van der Waals surface area contributed by atoms with E-state index >= 15 is 0 Å². The molecule has 0 radical (unpaired) electrons. The lowest BCUT2D eigenvalue weighted by Gasteiger charge is -2.14. The number of nitrogens with zero attached hydrogens (tertiary/aromatic N) is 1. The van der Waals surface area contributed by atoms with Crippen LogP contribution in [0.25, 0.3) is 0 Å². The number of halogens is 1. The topological polar surface area (TPSA) is 46.3 Å². The molecular weight excluding hydrogens is 252 g/mol. The zero-order valence-electron chi connectivity index (χ0n) is 7.29. The predicted molar refractivity (Wildman–Crippen MR) is 58.0 cm³/mol. The molecule has 0 saturated heterocycles. The average Bonchev–Trinajstić information content (AvgIpc) is 2.51. The lowest BCUT2D eigenvalue weighted by atomic mass is 10.4. The lowest BCUT2D eigenvalue weighted by Crippen LogP contribution is -2.31. The molecule has 0 aromatic carbocycles. The molecule has 72 valence electrons. The Morgan fingerprint density at radius 3 is 2.92 bits per heavy atom. The minimum atomic E-state index is 0.0288. The molecule has 1 amide bonds. The second kappa shape index (κ2) is 4.74. The number of amides is 1. The van der Waals surface area contributed by atoms with Crippen LogP contribution in [0.1, 0.15) is 9.67 Å². The van der Waals surface area contributed by atoms with E-state index in [1.807, 2.05) is 11.4 Å². The fraction of sp³-hybridized carbons (Fsp3) is 0.375. The third-order valence-corrected chi connectivity index (χ3v) is 3.27. The minimum absolute atomic E-state index is 0.0288. The van der Waals surface area contributed by atoms with E-state index in [1.54, 1.807) is 11.9 Å². The van der Waals surface area contributed by atoms with Crippen molar-refractivity contribution in [1.29, 1.82) is 0 Å². The van der Waals surface area contributed by atoms with Crippen LogP contribution in [0.15, 0.2) is 15.9 Å². The summed E-state index contributed by atoms with van der Waals surface area (Å²) >= 11 is 4.74. The fourth-order valence-corrected chi connectivity index (χ4v) is 2.33. The molecule has 2 N–H and O–H groups in total. The van der Waals surface area contributed by atoms with Gasteiger partial charge in [-0.15, -0.1) is 11.3 Å². The Morgan fingerprint density at radius 2 is 2.46 bits per heavy atom. The highest BCUT2D eigenvalue weighted by atomic mass is 79.9. The highest BCUT2D eigenvalue weighted by Gasteiger charge is 2.12. The van der Waals surface area contributed by atoms with E-state index in [4.69, 9.17) is 5.73 Å². The van der Waals surface area contributed by atoms with Gasteiger partial charge in [-0.25, -0.2) is 0 Å². The molecule has 0 atom stereocenters. The van der Waals surface area contributed by atoms with E-state index in [2.05, 4.69) is 15.9 Å². The van der Waals surface area contributed by atoms with Crippen molar-refractivity contribution in [2.45, 2.75) is 0 Å². The Labute approximate surface area is 89.7 Å². The molecule has 0 fully saturated rings. The Kier molecular flexibility index (Phi) is 3.90. The first-order valence-electron chi connectivity index (χ1n) is 3.84. The zero-order chi connectivity index (χ0) is 9.84. The average molecular weight is 263 g/mol. The van der Waals surface area contributed by atoms with Crippen molar-refractivity contribution in [2.75, 3.05) is 20.1 Å². The van der Waals surface area contributed by atoms with E-state index < -0.39 is 0 Å². The summed E-state index contributed by atoms with van der Waals surface area (Å²) in [7, 11) is 1.75. The van der Waals surface area contributed by atoms with Gasteiger partial charge in [-0.05, 0) is 22.0 Å². The SMILES string of the molecule is CN(CCN)C(=O)c1cc(Br)cs1. The molecule has 0 aliphatic carbocycles. The first-order chi connectivity index (χ1) is 6.15. The van der Waals surface area contributed by atoms with Crippen molar-refractivity contribution in [1.82, 2.24) is 4.90 Å². The molecule has 1 aromatic rings. The van der Waals surface area contributed by atoms with Crippen molar-refractivity contribution >= 4 is 33.2 Å². The summed E-state index contributed by atoms with van der Waals surface area (Å²) in [6.07, 6.45) is 0. The largest absolute Gasteiger partial charge is 0.340 e. The van der Waals surface area contributed by atoms with Crippen LogP contribution < -0.4 is 5.73 Å². The van der Waals surface area contributed by atoms with E-state index in [0.29, 0.717) is 13.1 Å². The molecular formula is C8H11BrN2OS.